The highest BCUT2D eigenvalue weighted by Crippen LogP contribution is 2.23. The van der Waals surface area contributed by atoms with Gasteiger partial charge in [-0.1, -0.05) is 25.1 Å². The molecular weight excluding hydrogens is 281 g/mol. The average Bonchev–Trinajstić information content (AvgIpc) is 2.44. The Morgan fingerprint density at radius 2 is 2.00 bits per heavy atom. The van der Waals surface area contributed by atoms with Crippen LogP contribution in [0.15, 0.2) is 30.3 Å². The van der Waals surface area contributed by atoms with Crippen LogP contribution in [0.1, 0.15) is 12.5 Å². The Bertz CT molecular complexity index is 613. The van der Waals surface area contributed by atoms with Crippen LogP contribution >= 0.6 is 0 Å². The number of hydrogen-bond donors (Lipinski definition) is 2. The highest BCUT2D eigenvalue weighted by Gasteiger charge is 2.30. The molecule has 0 aliphatic heterocycles. The van der Waals surface area contributed by atoms with Crippen molar-refractivity contribution in [2.45, 2.75) is 19.6 Å². The van der Waals surface area contributed by atoms with Crippen LogP contribution in [-0.4, -0.2) is 29.1 Å². The molecule has 0 aliphatic carbocycles. The van der Waals surface area contributed by atoms with Crippen molar-refractivity contribution in [3.05, 3.63) is 35.9 Å². The molecule has 0 radical (unpaired) electrons. The molecule has 2 rings (SSSR count). The Labute approximate surface area is 120 Å². The van der Waals surface area contributed by atoms with Gasteiger partial charge in [0.25, 0.3) is 0 Å². The second-order valence-electron chi connectivity index (χ2n) is 4.75. The highest BCUT2D eigenvalue weighted by molar-refractivity contribution is 5.81. The van der Waals surface area contributed by atoms with Crippen LogP contribution in [0.4, 0.5) is 19.0 Å². The number of pyridine rings is 1. The van der Waals surface area contributed by atoms with E-state index < -0.39 is 12.7 Å². The van der Waals surface area contributed by atoms with E-state index in [0.29, 0.717) is 11.4 Å². The summed E-state index contributed by atoms with van der Waals surface area (Å²) in [6, 6.07) is 9.21. The number of nitrogens with zero attached hydrogens (tertiary/aromatic N) is 2. The monoisotopic (exact) mass is 298 g/mol. The number of anilines is 1. The first-order valence-electron chi connectivity index (χ1n) is 6.57. The van der Waals surface area contributed by atoms with Gasteiger partial charge in [-0.05, 0) is 18.7 Å². The molecule has 4 nitrogen and oxygen atoms in total. The zero-order valence-electron chi connectivity index (χ0n) is 11.6. The number of nitrogens with one attached hydrogen (secondary N) is 1. The molecule has 0 bridgehead atoms. The van der Waals surface area contributed by atoms with Gasteiger partial charge in [0.1, 0.15) is 5.82 Å². The van der Waals surface area contributed by atoms with E-state index in [4.69, 9.17) is 5.84 Å². The van der Waals surface area contributed by atoms with Crippen molar-refractivity contribution in [3.8, 4) is 0 Å². The molecule has 1 aromatic carbocycles. The highest BCUT2D eigenvalue weighted by atomic mass is 19.4. The van der Waals surface area contributed by atoms with Gasteiger partial charge in [0, 0.05) is 17.5 Å². The molecule has 0 saturated carbocycles. The molecule has 21 heavy (non-hydrogen) atoms. The number of halogens is 3. The normalized spacial score (nSPS) is 12.1. The number of para-hydroxylation sites is 1. The lowest BCUT2D eigenvalue weighted by Crippen LogP contribution is -2.34. The summed E-state index contributed by atoms with van der Waals surface area (Å²) in [6.45, 7) is 1.15. The number of benzene rings is 1. The van der Waals surface area contributed by atoms with Crippen molar-refractivity contribution >= 4 is 16.7 Å². The summed E-state index contributed by atoms with van der Waals surface area (Å²) in [5, 5.41) is 0.870. The molecule has 1 heterocycles. The van der Waals surface area contributed by atoms with Gasteiger partial charge in [-0.25, -0.2) is 10.8 Å². The SMILES string of the molecule is CCN(Cc1cc2ccccc2nc1NN)CC(F)(F)F. The number of fused-ring (bicyclic) bond motifs is 1. The van der Waals surface area contributed by atoms with Crippen LogP contribution in [0.5, 0.6) is 0 Å². The number of nitrogen functional groups attached to an aromatic ring is 1. The maximum atomic E-state index is 12.5. The number of rotatable bonds is 5. The van der Waals surface area contributed by atoms with Crippen molar-refractivity contribution in [3.63, 3.8) is 0 Å². The number of hydrazine groups is 1. The maximum Gasteiger partial charge on any atom is 0.401 e. The topological polar surface area (TPSA) is 54.2 Å². The van der Waals surface area contributed by atoms with Crippen LogP contribution in [0, 0.1) is 0 Å². The Balaban J connectivity index is 2.31. The van der Waals surface area contributed by atoms with Crippen LogP contribution in [0.25, 0.3) is 10.9 Å². The minimum atomic E-state index is -4.23. The van der Waals surface area contributed by atoms with Crippen molar-refractivity contribution < 1.29 is 13.2 Å². The third kappa shape index (κ3) is 4.05. The standard InChI is InChI=1S/C14H17F3N4/c1-2-21(9-14(15,16)17)8-11-7-10-5-3-4-6-12(10)19-13(11)20-18/h3-7H,2,8-9,18H2,1H3,(H,19,20). The second-order valence-corrected chi connectivity index (χ2v) is 4.75. The fourth-order valence-corrected chi connectivity index (χ4v) is 2.18. The lowest BCUT2D eigenvalue weighted by atomic mass is 10.1. The van der Waals surface area contributed by atoms with Gasteiger partial charge in [0.05, 0.1) is 12.1 Å². The number of aromatic nitrogens is 1. The van der Waals surface area contributed by atoms with E-state index in [0.717, 1.165) is 10.9 Å². The summed E-state index contributed by atoms with van der Waals surface area (Å²) in [5.41, 5.74) is 3.85. The van der Waals surface area contributed by atoms with Crippen LogP contribution in [-0.2, 0) is 6.54 Å². The molecule has 0 saturated heterocycles. The quantitative estimate of drug-likeness (QED) is 0.658. The van der Waals surface area contributed by atoms with Gasteiger partial charge < -0.3 is 5.43 Å². The summed E-state index contributed by atoms with van der Waals surface area (Å²) in [7, 11) is 0. The molecule has 1 aromatic heterocycles. The lowest BCUT2D eigenvalue weighted by Gasteiger charge is -2.23. The molecule has 0 fully saturated rings. The van der Waals surface area contributed by atoms with Crippen molar-refractivity contribution in [1.82, 2.24) is 9.88 Å². The third-order valence-corrected chi connectivity index (χ3v) is 3.18. The zero-order valence-corrected chi connectivity index (χ0v) is 11.6. The van der Waals surface area contributed by atoms with E-state index in [-0.39, 0.29) is 13.1 Å². The van der Waals surface area contributed by atoms with Crippen molar-refractivity contribution in [2.75, 3.05) is 18.5 Å². The van der Waals surface area contributed by atoms with Gasteiger partial charge in [0.2, 0.25) is 0 Å². The molecule has 3 N–H and O–H groups in total. The summed E-state index contributed by atoms with van der Waals surface area (Å²) in [4.78, 5) is 5.63. The minimum Gasteiger partial charge on any atom is -0.308 e. The van der Waals surface area contributed by atoms with Crippen molar-refractivity contribution in [2.24, 2.45) is 5.84 Å². The molecule has 2 aromatic rings. The zero-order chi connectivity index (χ0) is 15.5. The molecular formula is C14H17F3N4. The Hall–Kier alpha value is -1.86. The summed E-state index contributed by atoms with van der Waals surface area (Å²) in [5.74, 6) is 5.83. The summed E-state index contributed by atoms with van der Waals surface area (Å²) < 4.78 is 37.6. The smallest absolute Gasteiger partial charge is 0.308 e. The average molecular weight is 298 g/mol. The van der Waals surface area contributed by atoms with Crippen molar-refractivity contribution in [1.29, 1.82) is 0 Å². The molecule has 114 valence electrons. The Morgan fingerprint density at radius 3 is 2.62 bits per heavy atom. The van der Waals surface area contributed by atoms with E-state index in [1.165, 1.54) is 4.90 Å². The molecule has 0 aliphatic rings. The van der Waals surface area contributed by atoms with E-state index in [1.807, 2.05) is 30.3 Å². The van der Waals surface area contributed by atoms with Crippen LogP contribution in [0.3, 0.4) is 0 Å². The van der Waals surface area contributed by atoms with E-state index in [9.17, 15) is 13.2 Å². The molecule has 7 heteroatoms. The number of nitrogens with two attached hydrogens (primary N) is 1. The lowest BCUT2D eigenvalue weighted by molar-refractivity contribution is -0.146. The number of hydrogen-bond acceptors (Lipinski definition) is 4. The first-order valence-corrected chi connectivity index (χ1v) is 6.57. The van der Waals surface area contributed by atoms with E-state index in [2.05, 4.69) is 10.4 Å². The largest absolute Gasteiger partial charge is 0.401 e. The minimum absolute atomic E-state index is 0.132. The maximum absolute atomic E-state index is 12.5. The van der Waals surface area contributed by atoms with Gasteiger partial charge in [0.15, 0.2) is 0 Å². The molecule has 0 spiro atoms. The molecule has 0 amide bonds. The fourth-order valence-electron chi connectivity index (χ4n) is 2.18. The van der Waals surface area contributed by atoms with Gasteiger partial charge in [-0.3, -0.25) is 4.90 Å². The van der Waals surface area contributed by atoms with E-state index >= 15 is 0 Å². The fraction of sp³-hybridized carbons (Fsp3) is 0.357. The number of alkyl halides is 3. The first kappa shape index (κ1) is 15.5. The van der Waals surface area contributed by atoms with Crippen LogP contribution in [0.2, 0.25) is 0 Å². The van der Waals surface area contributed by atoms with Gasteiger partial charge in [-0.2, -0.15) is 13.2 Å². The molecule has 0 unspecified atom stereocenters. The Kier molecular flexibility index (Phi) is 4.64. The Morgan fingerprint density at radius 1 is 1.29 bits per heavy atom. The second kappa shape index (κ2) is 6.28. The van der Waals surface area contributed by atoms with Crippen LogP contribution < -0.4 is 11.3 Å². The summed E-state index contributed by atoms with van der Waals surface area (Å²) >= 11 is 0. The predicted molar refractivity (Wildman–Crippen MR) is 76.6 cm³/mol. The van der Waals surface area contributed by atoms with E-state index in [1.54, 1.807) is 6.92 Å². The third-order valence-electron chi connectivity index (χ3n) is 3.18. The van der Waals surface area contributed by atoms with Gasteiger partial charge in [-0.15, -0.1) is 0 Å². The predicted octanol–water partition coefficient (Wildman–Crippen LogP) is 2.90. The molecule has 0 atom stereocenters. The van der Waals surface area contributed by atoms with Gasteiger partial charge >= 0.3 is 6.18 Å². The first-order chi connectivity index (χ1) is 9.93. The summed E-state index contributed by atoms with van der Waals surface area (Å²) in [6.07, 6.45) is -4.23.